The minimum absolute atomic E-state index is 0.0778. The number of amides is 2. The second-order valence-electron chi connectivity index (χ2n) is 5.28. The van der Waals surface area contributed by atoms with Crippen LogP contribution < -0.4 is 10.6 Å². The normalized spacial score (nSPS) is 13.6. The molecular formula is C16H19BrN2O3. The first kappa shape index (κ1) is 16.5. The van der Waals surface area contributed by atoms with Crippen molar-refractivity contribution in [2.24, 2.45) is 0 Å². The molecule has 118 valence electrons. The fourth-order valence-corrected chi connectivity index (χ4v) is 2.41. The van der Waals surface area contributed by atoms with Crippen molar-refractivity contribution in [1.82, 2.24) is 10.6 Å². The van der Waals surface area contributed by atoms with Gasteiger partial charge in [0, 0.05) is 11.4 Å². The van der Waals surface area contributed by atoms with Gasteiger partial charge in [-0.25, -0.2) is 0 Å². The Hall–Kier alpha value is -1.82. The molecule has 0 saturated carbocycles. The summed E-state index contributed by atoms with van der Waals surface area (Å²) in [6, 6.07) is 6.68. The second-order valence-corrected chi connectivity index (χ2v) is 6.14. The number of carbonyl (C=O) groups is 2. The molecule has 0 aliphatic heterocycles. The highest BCUT2D eigenvalue weighted by atomic mass is 79.9. The summed E-state index contributed by atoms with van der Waals surface area (Å²) in [7, 11) is 0. The van der Waals surface area contributed by atoms with E-state index in [1.807, 2.05) is 32.0 Å². The van der Waals surface area contributed by atoms with Gasteiger partial charge in [-0.05, 0) is 48.3 Å². The van der Waals surface area contributed by atoms with Crippen molar-refractivity contribution in [1.29, 1.82) is 0 Å². The average molecular weight is 367 g/mol. The van der Waals surface area contributed by atoms with Gasteiger partial charge in [-0.3, -0.25) is 9.59 Å². The van der Waals surface area contributed by atoms with Gasteiger partial charge in [0.1, 0.15) is 11.6 Å². The lowest BCUT2D eigenvalue weighted by atomic mass is 10.2. The molecule has 0 spiro atoms. The molecule has 2 rings (SSSR count). The highest BCUT2D eigenvalue weighted by Gasteiger charge is 2.20. The molecule has 0 fully saturated rings. The standard InChI is InChI=1S/C16H19BrN2O3/c1-4-9(2)18-15(20)10(3)19-16(21)13-8-11-6-5-7-12(17)14(11)22-13/h5-10H,4H2,1-3H3,(H,18,20)(H,19,21). The number of hydrogen-bond donors (Lipinski definition) is 2. The van der Waals surface area contributed by atoms with Crippen molar-refractivity contribution in [2.45, 2.75) is 39.3 Å². The Labute approximate surface area is 137 Å². The molecule has 0 radical (unpaired) electrons. The molecule has 1 heterocycles. The van der Waals surface area contributed by atoms with Crippen LogP contribution in [-0.4, -0.2) is 23.9 Å². The summed E-state index contributed by atoms with van der Waals surface area (Å²) in [4.78, 5) is 24.1. The molecule has 6 heteroatoms. The number of rotatable bonds is 5. The van der Waals surface area contributed by atoms with Crippen molar-refractivity contribution >= 4 is 38.7 Å². The van der Waals surface area contributed by atoms with Crippen LogP contribution in [0.25, 0.3) is 11.0 Å². The van der Waals surface area contributed by atoms with E-state index < -0.39 is 11.9 Å². The Morgan fingerprint density at radius 3 is 2.64 bits per heavy atom. The summed E-state index contributed by atoms with van der Waals surface area (Å²) in [5.41, 5.74) is 0.615. The van der Waals surface area contributed by atoms with Crippen molar-refractivity contribution in [3.05, 3.63) is 34.5 Å². The average Bonchev–Trinajstić information content (AvgIpc) is 2.92. The fraction of sp³-hybridized carbons (Fsp3) is 0.375. The van der Waals surface area contributed by atoms with E-state index in [0.29, 0.717) is 5.58 Å². The van der Waals surface area contributed by atoms with E-state index in [-0.39, 0.29) is 17.7 Å². The molecule has 2 unspecified atom stereocenters. The predicted octanol–water partition coefficient (Wildman–Crippen LogP) is 3.23. The number of halogens is 1. The summed E-state index contributed by atoms with van der Waals surface area (Å²) in [6.45, 7) is 5.55. The number of furan rings is 1. The van der Waals surface area contributed by atoms with Crippen molar-refractivity contribution in [3.8, 4) is 0 Å². The van der Waals surface area contributed by atoms with Crippen LogP contribution in [0, 0.1) is 0 Å². The first-order chi connectivity index (χ1) is 10.4. The van der Waals surface area contributed by atoms with Crippen LogP contribution in [-0.2, 0) is 4.79 Å². The molecule has 0 aliphatic rings. The lowest BCUT2D eigenvalue weighted by Crippen LogP contribution is -2.47. The number of benzene rings is 1. The predicted molar refractivity (Wildman–Crippen MR) is 88.7 cm³/mol. The quantitative estimate of drug-likeness (QED) is 0.853. The van der Waals surface area contributed by atoms with E-state index in [1.54, 1.807) is 13.0 Å². The summed E-state index contributed by atoms with van der Waals surface area (Å²) in [5, 5.41) is 6.31. The Morgan fingerprint density at radius 1 is 1.27 bits per heavy atom. The minimum Gasteiger partial charge on any atom is -0.450 e. The topological polar surface area (TPSA) is 71.3 Å². The van der Waals surface area contributed by atoms with E-state index >= 15 is 0 Å². The van der Waals surface area contributed by atoms with E-state index in [4.69, 9.17) is 4.42 Å². The van der Waals surface area contributed by atoms with E-state index in [9.17, 15) is 9.59 Å². The zero-order chi connectivity index (χ0) is 16.3. The first-order valence-corrected chi connectivity index (χ1v) is 8.01. The third-order valence-corrected chi connectivity index (χ3v) is 4.09. The molecule has 2 aromatic rings. The van der Waals surface area contributed by atoms with Crippen molar-refractivity contribution in [3.63, 3.8) is 0 Å². The zero-order valence-electron chi connectivity index (χ0n) is 12.8. The van der Waals surface area contributed by atoms with Gasteiger partial charge in [-0.1, -0.05) is 19.1 Å². The number of nitrogens with one attached hydrogen (secondary N) is 2. The van der Waals surface area contributed by atoms with Crippen LogP contribution >= 0.6 is 15.9 Å². The Kier molecular flexibility index (Phi) is 5.24. The minimum atomic E-state index is -0.627. The van der Waals surface area contributed by atoms with Crippen LogP contribution in [0.2, 0.25) is 0 Å². The fourth-order valence-electron chi connectivity index (χ4n) is 1.94. The summed E-state index contributed by atoms with van der Waals surface area (Å²) in [6.07, 6.45) is 0.837. The van der Waals surface area contributed by atoms with Gasteiger partial charge < -0.3 is 15.1 Å². The molecule has 0 aliphatic carbocycles. The van der Waals surface area contributed by atoms with Gasteiger partial charge in [-0.15, -0.1) is 0 Å². The SMILES string of the molecule is CCC(C)NC(=O)C(C)NC(=O)c1cc2cccc(Br)c2o1. The van der Waals surface area contributed by atoms with Gasteiger partial charge in [0.25, 0.3) is 5.91 Å². The lowest BCUT2D eigenvalue weighted by Gasteiger charge is -2.16. The third-order valence-electron chi connectivity index (χ3n) is 3.46. The molecular weight excluding hydrogens is 348 g/mol. The van der Waals surface area contributed by atoms with Gasteiger partial charge in [-0.2, -0.15) is 0 Å². The van der Waals surface area contributed by atoms with E-state index in [2.05, 4.69) is 26.6 Å². The summed E-state index contributed by atoms with van der Waals surface area (Å²) in [5.74, 6) is -0.431. The smallest absolute Gasteiger partial charge is 0.287 e. The van der Waals surface area contributed by atoms with Crippen LogP contribution in [0.3, 0.4) is 0 Å². The first-order valence-electron chi connectivity index (χ1n) is 7.21. The molecule has 0 bridgehead atoms. The second kappa shape index (κ2) is 6.96. The van der Waals surface area contributed by atoms with Crippen molar-refractivity contribution in [2.75, 3.05) is 0 Å². The molecule has 0 saturated heterocycles. The largest absolute Gasteiger partial charge is 0.450 e. The molecule has 1 aromatic carbocycles. The van der Waals surface area contributed by atoms with Crippen LogP contribution in [0.1, 0.15) is 37.7 Å². The molecule has 22 heavy (non-hydrogen) atoms. The monoisotopic (exact) mass is 366 g/mol. The maximum Gasteiger partial charge on any atom is 0.287 e. The Morgan fingerprint density at radius 2 is 2.00 bits per heavy atom. The molecule has 2 atom stereocenters. The maximum absolute atomic E-state index is 12.2. The van der Waals surface area contributed by atoms with Gasteiger partial charge >= 0.3 is 0 Å². The highest BCUT2D eigenvalue weighted by molar-refractivity contribution is 9.10. The van der Waals surface area contributed by atoms with Crippen LogP contribution in [0.4, 0.5) is 0 Å². The van der Waals surface area contributed by atoms with Gasteiger partial charge in [0.15, 0.2) is 5.76 Å². The maximum atomic E-state index is 12.2. The summed E-state index contributed by atoms with van der Waals surface area (Å²) >= 11 is 3.38. The van der Waals surface area contributed by atoms with E-state index in [0.717, 1.165) is 16.3 Å². The Bertz CT molecular complexity index is 696. The number of hydrogen-bond acceptors (Lipinski definition) is 3. The molecule has 2 N–H and O–H groups in total. The number of fused-ring (bicyclic) bond motifs is 1. The zero-order valence-corrected chi connectivity index (χ0v) is 14.4. The Balaban J connectivity index is 2.07. The van der Waals surface area contributed by atoms with Gasteiger partial charge in [0.2, 0.25) is 5.91 Å². The van der Waals surface area contributed by atoms with Crippen LogP contribution in [0.5, 0.6) is 0 Å². The van der Waals surface area contributed by atoms with E-state index in [1.165, 1.54) is 0 Å². The summed E-state index contributed by atoms with van der Waals surface area (Å²) < 4.78 is 6.34. The number of carbonyl (C=O) groups excluding carboxylic acids is 2. The highest BCUT2D eigenvalue weighted by Crippen LogP contribution is 2.26. The molecule has 2 amide bonds. The van der Waals surface area contributed by atoms with Crippen LogP contribution in [0.15, 0.2) is 33.2 Å². The van der Waals surface area contributed by atoms with Crippen molar-refractivity contribution < 1.29 is 14.0 Å². The molecule has 5 nitrogen and oxygen atoms in total. The third kappa shape index (κ3) is 3.68. The molecule has 1 aromatic heterocycles. The lowest BCUT2D eigenvalue weighted by molar-refractivity contribution is -0.123. The number of para-hydroxylation sites is 1. The van der Waals surface area contributed by atoms with Gasteiger partial charge in [0.05, 0.1) is 4.47 Å².